The van der Waals surface area contributed by atoms with Gasteiger partial charge in [0.05, 0.1) is 22.6 Å². The van der Waals surface area contributed by atoms with E-state index in [4.69, 9.17) is 4.74 Å². The molecule has 6 heteroatoms. The summed E-state index contributed by atoms with van der Waals surface area (Å²) in [6, 6.07) is 14.6. The molecule has 0 bridgehead atoms. The Balaban J connectivity index is 1.48. The van der Waals surface area contributed by atoms with Gasteiger partial charge in [-0.25, -0.2) is 4.98 Å². The molecule has 33 heavy (non-hydrogen) atoms. The van der Waals surface area contributed by atoms with Crippen LogP contribution in [0.5, 0.6) is 5.75 Å². The molecule has 1 fully saturated rings. The number of carbonyl (C=O) groups excluding carboxylic acids is 1. The molecule has 1 saturated heterocycles. The van der Waals surface area contributed by atoms with Gasteiger partial charge in [0, 0.05) is 24.7 Å². The van der Waals surface area contributed by atoms with E-state index in [2.05, 4.69) is 41.1 Å². The van der Waals surface area contributed by atoms with Crippen LogP contribution in [0.25, 0.3) is 21.0 Å². The largest absolute Gasteiger partial charge is 0.490 e. The lowest BCUT2D eigenvalue weighted by molar-refractivity contribution is -0.129. The average molecular weight is 458 g/mol. The molecule has 2 aromatic carbocycles. The molecular formula is C27H27N3O2S. The average Bonchev–Trinajstić information content (AvgIpc) is 3.49. The predicted octanol–water partition coefficient (Wildman–Crippen LogP) is 5.99. The maximum atomic E-state index is 12.5. The third kappa shape index (κ3) is 3.81. The maximum Gasteiger partial charge on any atom is 0.223 e. The van der Waals surface area contributed by atoms with Gasteiger partial charge in [-0.3, -0.25) is 4.79 Å². The highest BCUT2D eigenvalue weighted by Gasteiger charge is 2.45. The summed E-state index contributed by atoms with van der Waals surface area (Å²) in [4.78, 5) is 20.4. The minimum atomic E-state index is 0.0117. The lowest BCUT2D eigenvalue weighted by Gasteiger charge is -2.24. The van der Waals surface area contributed by atoms with E-state index in [1.165, 1.54) is 16.7 Å². The van der Waals surface area contributed by atoms with E-state index < -0.39 is 0 Å². The Hall–Kier alpha value is -3.17. The Bertz CT molecular complexity index is 1260. The molecule has 0 N–H and O–H groups in total. The Morgan fingerprint density at radius 2 is 2.12 bits per heavy atom. The van der Waals surface area contributed by atoms with Gasteiger partial charge in [-0.05, 0) is 67.5 Å². The van der Waals surface area contributed by atoms with Crippen molar-refractivity contribution in [3.8, 4) is 32.8 Å². The molecule has 1 aliphatic carbocycles. The summed E-state index contributed by atoms with van der Waals surface area (Å²) in [7, 11) is 0. The fraction of sp³-hybridized carbons (Fsp3) is 0.370. The molecule has 1 aliphatic heterocycles. The van der Waals surface area contributed by atoms with Crippen LogP contribution in [0.4, 0.5) is 0 Å². The van der Waals surface area contributed by atoms with Crippen molar-refractivity contribution < 1.29 is 9.53 Å². The lowest BCUT2D eigenvalue weighted by Crippen LogP contribution is -2.28. The second kappa shape index (κ2) is 8.64. The van der Waals surface area contributed by atoms with E-state index in [1.807, 2.05) is 38.2 Å². The number of thiazole rings is 1. The van der Waals surface area contributed by atoms with Crippen LogP contribution in [-0.2, 0) is 11.2 Å². The van der Waals surface area contributed by atoms with Gasteiger partial charge in [-0.2, -0.15) is 5.26 Å². The first kappa shape index (κ1) is 21.7. The van der Waals surface area contributed by atoms with E-state index in [9.17, 15) is 10.1 Å². The molecule has 3 aromatic rings. The van der Waals surface area contributed by atoms with Gasteiger partial charge in [-0.1, -0.05) is 25.1 Å². The van der Waals surface area contributed by atoms with Crippen LogP contribution in [0.3, 0.4) is 0 Å². The molecule has 2 aliphatic rings. The molecule has 1 amide bonds. The van der Waals surface area contributed by atoms with Crippen molar-refractivity contribution in [2.45, 2.75) is 52.2 Å². The zero-order valence-corrected chi connectivity index (χ0v) is 20.0. The summed E-state index contributed by atoms with van der Waals surface area (Å²) < 4.78 is 5.75. The third-order valence-corrected chi connectivity index (χ3v) is 7.56. The summed E-state index contributed by atoms with van der Waals surface area (Å²) in [5, 5.41) is 10.5. The number of hydrogen-bond donors (Lipinski definition) is 0. The molecule has 0 spiro atoms. The minimum absolute atomic E-state index is 0.0117. The van der Waals surface area contributed by atoms with Crippen LogP contribution >= 0.6 is 11.3 Å². The van der Waals surface area contributed by atoms with Crippen LogP contribution < -0.4 is 4.74 Å². The number of aromatic nitrogens is 1. The van der Waals surface area contributed by atoms with Crippen molar-refractivity contribution in [1.82, 2.24) is 9.88 Å². The first-order valence-corrected chi connectivity index (χ1v) is 12.4. The van der Waals surface area contributed by atoms with Gasteiger partial charge >= 0.3 is 0 Å². The topological polar surface area (TPSA) is 66.2 Å². The van der Waals surface area contributed by atoms with Crippen molar-refractivity contribution in [3.05, 3.63) is 59.3 Å². The van der Waals surface area contributed by atoms with Crippen LogP contribution in [-0.4, -0.2) is 28.4 Å². The van der Waals surface area contributed by atoms with E-state index in [0.717, 1.165) is 34.8 Å². The summed E-state index contributed by atoms with van der Waals surface area (Å²) in [6.07, 6.45) is 4.51. The zero-order chi connectivity index (χ0) is 23.1. The highest BCUT2D eigenvalue weighted by atomic mass is 32.1. The Kier molecular flexibility index (Phi) is 5.67. The zero-order valence-electron chi connectivity index (χ0n) is 19.2. The number of fused-ring (bicyclic) bond motifs is 3. The number of amides is 1. The molecule has 5 nitrogen and oxygen atoms in total. The minimum Gasteiger partial charge on any atom is -0.490 e. The molecule has 5 rings (SSSR count). The van der Waals surface area contributed by atoms with Crippen LogP contribution in [0, 0.1) is 17.2 Å². The molecule has 168 valence electrons. The number of ether oxygens (including phenoxy) is 1. The Labute approximate surface area is 198 Å². The van der Waals surface area contributed by atoms with Crippen molar-refractivity contribution >= 4 is 17.2 Å². The second-order valence-electron chi connectivity index (χ2n) is 9.09. The van der Waals surface area contributed by atoms with Gasteiger partial charge < -0.3 is 9.64 Å². The summed E-state index contributed by atoms with van der Waals surface area (Å²) in [6.45, 7) is 6.86. The third-order valence-electron chi connectivity index (χ3n) is 6.48. The van der Waals surface area contributed by atoms with Crippen molar-refractivity contribution in [2.24, 2.45) is 5.92 Å². The van der Waals surface area contributed by atoms with Gasteiger partial charge in [0.1, 0.15) is 16.8 Å². The van der Waals surface area contributed by atoms with Gasteiger partial charge in [-0.15, -0.1) is 11.3 Å². The number of nitrogens with zero attached hydrogens (tertiary/aromatic N) is 3. The highest BCUT2D eigenvalue weighted by molar-refractivity contribution is 7.18. The fourth-order valence-electron chi connectivity index (χ4n) is 5.21. The number of carbonyl (C=O) groups is 1. The standard InChI is InChI=1S/C27H27N3O2S/c1-4-10-30-25(31)13-18-12-22-20(6-5-7-21(22)26(18)30)24-15-29-27(33-24)17-8-9-23(32-16(2)3)19(11-17)14-28/h5-9,11,15-16,18,26H,4,10,12-13H2,1-3H3. The van der Waals surface area contributed by atoms with Gasteiger partial charge in [0.25, 0.3) is 0 Å². The van der Waals surface area contributed by atoms with E-state index >= 15 is 0 Å². The number of hydrogen-bond acceptors (Lipinski definition) is 5. The maximum absolute atomic E-state index is 12.5. The normalized spacial score (nSPS) is 19.0. The molecule has 2 heterocycles. The summed E-state index contributed by atoms with van der Waals surface area (Å²) >= 11 is 1.64. The van der Waals surface area contributed by atoms with Gasteiger partial charge in [0.2, 0.25) is 5.91 Å². The van der Waals surface area contributed by atoms with Gasteiger partial charge in [0.15, 0.2) is 0 Å². The predicted molar refractivity (Wildman–Crippen MR) is 130 cm³/mol. The smallest absolute Gasteiger partial charge is 0.223 e. The molecule has 1 aromatic heterocycles. The molecule has 0 saturated carbocycles. The quantitative estimate of drug-likeness (QED) is 0.456. The molecular weight excluding hydrogens is 430 g/mol. The van der Waals surface area contributed by atoms with Crippen molar-refractivity contribution in [3.63, 3.8) is 0 Å². The number of likely N-dealkylation sites (tertiary alicyclic amines) is 1. The SMILES string of the molecule is CCCN1C(=O)CC2Cc3c(-c4cnc(-c5ccc(OC(C)C)c(C#N)c5)s4)cccc3C21. The van der Waals surface area contributed by atoms with Crippen LogP contribution in [0.1, 0.15) is 56.3 Å². The molecule has 2 unspecified atom stereocenters. The Morgan fingerprint density at radius 3 is 2.88 bits per heavy atom. The number of benzene rings is 2. The van der Waals surface area contributed by atoms with Crippen LogP contribution in [0.2, 0.25) is 0 Å². The van der Waals surface area contributed by atoms with E-state index in [1.54, 1.807) is 11.3 Å². The Morgan fingerprint density at radius 1 is 1.27 bits per heavy atom. The van der Waals surface area contributed by atoms with Crippen LogP contribution in [0.15, 0.2) is 42.6 Å². The monoisotopic (exact) mass is 457 g/mol. The van der Waals surface area contributed by atoms with E-state index in [-0.39, 0.29) is 12.1 Å². The highest BCUT2D eigenvalue weighted by Crippen LogP contribution is 2.50. The molecule has 0 radical (unpaired) electrons. The molecule has 2 atom stereocenters. The van der Waals surface area contributed by atoms with E-state index in [0.29, 0.717) is 29.6 Å². The van der Waals surface area contributed by atoms with Crippen molar-refractivity contribution in [2.75, 3.05) is 6.54 Å². The first-order chi connectivity index (χ1) is 16.0. The fourth-order valence-corrected chi connectivity index (χ4v) is 6.18. The number of nitriles is 1. The number of rotatable bonds is 6. The second-order valence-corrected chi connectivity index (χ2v) is 10.1. The summed E-state index contributed by atoms with van der Waals surface area (Å²) in [5.41, 5.74) is 5.31. The first-order valence-electron chi connectivity index (χ1n) is 11.6. The lowest BCUT2D eigenvalue weighted by atomic mass is 10.0. The summed E-state index contributed by atoms with van der Waals surface area (Å²) in [5.74, 6) is 1.27. The van der Waals surface area contributed by atoms with Crippen molar-refractivity contribution in [1.29, 1.82) is 5.26 Å².